The second-order valence-corrected chi connectivity index (χ2v) is 12.4. The van der Waals surface area contributed by atoms with Crippen LogP contribution in [0.3, 0.4) is 0 Å². The largest absolute Gasteiger partial charge is 0.399 e. The van der Waals surface area contributed by atoms with Gasteiger partial charge in [0, 0.05) is 57.3 Å². The normalized spacial score (nSPS) is 18.6. The number of carbonyl (C=O) groups is 1. The van der Waals surface area contributed by atoms with Crippen molar-refractivity contribution in [2.75, 3.05) is 53.1 Å². The molecule has 11 heteroatoms. The molecule has 1 amide bonds. The van der Waals surface area contributed by atoms with Crippen LogP contribution in [0.2, 0.25) is 0 Å². The van der Waals surface area contributed by atoms with Gasteiger partial charge in [-0.1, -0.05) is 17.3 Å². The third-order valence-corrected chi connectivity index (χ3v) is 9.29. The summed E-state index contributed by atoms with van der Waals surface area (Å²) in [7, 11) is 0.961. The van der Waals surface area contributed by atoms with Crippen molar-refractivity contribution in [2.45, 2.75) is 37.1 Å². The van der Waals surface area contributed by atoms with Gasteiger partial charge in [-0.3, -0.25) is 9.69 Å². The molecule has 2 aliphatic rings. The zero-order chi connectivity index (χ0) is 27.3. The molecule has 10 nitrogen and oxygen atoms in total. The van der Waals surface area contributed by atoms with Gasteiger partial charge in [0.2, 0.25) is 15.9 Å². The smallest absolute Gasteiger partial charge is 0.242 e. The molecule has 2 aromatic rings. The third-order valence-electron chi connectivity index (χ3n) is 7.48. The van der Waals surface area contributed by atoms with E-state index in [9.17, 15) is 13.2 Å². The quantitative estimate of drug-likeness (QED) is 0.402. The molecule has 206 valence electrons. The van der Waals surface area contributed by atoms with E-state index in [1.165, 1.54) is 25.5 Å². The van der Waals surface area contributed by atoms with Gasteiger partial charge in [-0.2, -0.15) is 0 Å². The number of aromatic nitrogens is 1. The van der Waals surface area contributed by atoms with Crippen LogP contribution in [0.15, 0.2) is 52.6 Å². The number of nitrogens with two attached hydrogens (primary N) is 1. The monoisotopic (exact) mass is 542 g/mol. The maximum atomic E-state index is 13.3. The zero-order valence-electron chi connectivity index (χ0n) is 22.4. The Morgan fingerprint density at radius 1 is 1.08 bits per heavy atom. The van der Waals surface area contributed by atoms with Crippen molar-refractivity contribution >= 4 is 27.5 Å². The Balaban J connectivity index is 1.33. The Morgan fingerprint density at radius 3 is 2.39 bits per heavy atom. The standard InChI is InChI=1S/C27H38N6O4S/c1-31(2)38(35,36)24-6-4-5-23(18-24)26(30-37-3)21-10-15-33(16-11-21)27(34)22-8-13-32(14-9-22)19-20-7-12-29-25(28)17-20/h4-7,12,17-18,21-22H,8-11,13-16,19H2,1-3H3,(H2,28,29)/b30-26-. The summed E-state index contributed by atoms with van der Waals surface area (Å²) in [6.07, 6.45) is 4.93. The van der Waals surface area contributed by atoms with E-state index >= 15 is 0 Å². The fourth-order valence-electron chi connectivity index (χ4n) is 5.31. The number of oxime groups is 1. The summed E-state index contributed by atoms with van der Waals surface area (Å²) in [6.45, 7) is 3.88. The average molecular weight is 543 g/mol. The Bertz CT molecular complexity index is 1250. The molecule has 0 unspecified atom stereocenters. The van der Waals surface area contributed by atoms with Crippen LogP contribution in [0, 0.1) is 11.8 Å². The lowest BCUT2D eigenvalue weighted by Gasteiger charge is -2.37. The molecule has 4 rings (SSSR count). The maximum Gasteiger partial charge on any atom is 0.242 e. The average Bonchev–Trinajstić information content (AvgIpc) is 2.92. The van der Waals surface area contributed by atoms with Crippen LogP contribution in [0.25, 0.3) is 0 Å². The van der Waals surface area contributed by atoms with E-state index in [-0.39, 0.29) is 22.6 Å². The number of hydrogen-bond acceptors (Lipinski definition) is 8. The van der Waals surface area contributed by atoms with E-state index in [1.807, 2.05) is 23.1 Å². The molecule has 0 radical (unpaired) electrons. The number of rotatable bonds is 8. The molecule has 0 bridgehead atoms. The number of anilines is 1. The number of likely N-dealkylation sites (tertiary alicyclic amines) is 2. The van der Waals surface area contributed by atoms with Crippen LogP contribution in [-0.2, 0) is 26.2 Å². The molecule has 0 aliphatic carbocycles. The lowest BCUT2D eigenvalue weighted by molar-refractivity contribution is -0.138. The summed E-state index contributed by atoms with van der Waals surface area (Å²) in [6, 6.07) is 10.7. The Labute approximate surface area is 225 Å². The lowest BCUT2D eigenvalue weighted by atomic mass is 9.87. The minimum absolute atomic E-state index is 0.0466. The Morgan fingerprint density at radius 2 is 1.76 bits per heavy atom. The predicted molar refractivity (Wildman–Crippen MR) is 147 cm³/mol. The topological polar surface area (TPSA) is 121 Å². The van der Waals surface area contributed by atoms with Gasteiger partial charge in [-0.05, 0) is 68.6 Å². The molecule has 3 heterocycles. The highest BCUT2D eigenvalue weighted by atomic mass is 32.2. The summed E-state index contributed by atoms with van der Waals surface area (Å²) in [5.41, 5.74) is 8.39. The van der Waals surface area contributed by atoms with Gasteiger partial charge < -0.3 is 15.5 Å². The van der Waals surface area contributed by atoms with E-state index < -0.39 is 10.0 Å². The molecule has 0 atom stereocenters. The second-order valence-electron chi connectivity index (χ2n) is 10.2. The third kappa shape index (κ3) is 6.51. The van der Waals surface area contributed by atoms with Crippen LogP contribution >= 0.6 is 0 Å². The van der Waals surface area contributed by atoms with Crippen LogP contribution in [0.1, 0.15) is 36.8 Å². The van der Waals surface area contributed by atoms with Gasteiger partial charge in [-0.15, -0.1) is 0 Å². The molecule has 2 N–H and O–H groups in total. The summed E-state index contributed by atoms with van der Waals surface area (Å²) in [5, 5.41) is 4.28. The minimum atomic E-state index is -3.56. The number of piperidine rings is 2. The maximum absolute atomic E-state index is 13.3. The van der Waals surface area contributed by atoms with Crippen LogP contribution in [0.4, 0.5) is 5.82 Å². The van der Waals surface area contributed by atoms with Crippen molar-refractivity contribution in [2.24, 2.45) is 17.0 Å². The molecule has 2 saturated heterocycles. The first-order valence-corrected chi connectivity index (χ1v) is 14.5. The summed E-state index contributed by atoms with van der Waals surface area (Å²) >= 11 is 0. The summed E-state index contributed by atoms with van der Waals surface area (Å²) < 4.78 is 26.5. The first kappa shape index (κ1) is 28.0. The lowest BCUT2D eigenvalue weighted by Crippen LogP contribution is -2.46. The Kier molecular flexibility index (Phi) is 9.01. The first-order chi connectivity index (χ1) is 18.2. The van der Waals surface area contributed by atoms with Crippen molar-refractivity contribution < 1.29 is 18.0 Å². The Hall–Kier alpha value is -3.02. The van der Waals surface area contributed by atoms with Gasteiger partial charge >= 0.3 is 0 Å². The molecule has 2 aliphatic heterocycles. The highest BCUT2D eigenvalue weighted by molar-refractivity contribution is 7.89. The molecule has 0 spiro atoms. The van der Waals surface area contributed by atoms with Crippen LogP contribution < -0.4 is 5.73 Å². The van der Waals surface area contributed by atoms with Gasteiger partial charge in [0.1, 0.15) is 12.9 Å². The van der Waals surface area contributed by atoms with Crippen molar-refractivity contribution in [1.29, 1.82) is 0 Å². The van der Waals surface area contributed by atoms with Crippen molar-refractivity contribution in [3.63, 3.8) is 0 Å². The number of nitrogen functional groups attached to an aromatic ring is 1. The molecule has 0 saturated carbocycles. The van der Waals surface area contributed by atoms with Gasteiger partial charge in [-0.25, -0.2) is 17.7 Å². The number of nitrogens with zero attached hydrogens (tertiary/aromatic N) is 5. The highest BCUT2D eigenvalue weighted by Crippen LogP contribution is 2.28. The summed E-state index contributed by atoms with van der Waals surface area (Å²) in [4.78, 5) is 27.1. The van der Waals surface area contributed by atoms with E-state index in [0.717, 1.165) is 62.2 Å². The molecule has 1 aromatic carbocycles. The number of pyridine rings is 1. The molecular formula is C27H38N6O4S. The van der Waals surface area contributed by atoms with Crippen molar-refractivity contribution in [3.8, 4) is 0 Å². The second kappa shape index (κ2) is 12.2. The fraction of sp³-hybridized carbons (Fsp3) is 0.519. The van der Waals surface area contributed by atoms with E-state index in [2.05, 4.69) is 15.0 Å². The predicted octanol–water partition coefficient (Wildman–Crippen LogP) is 2.42. The van der Waals surface area contributed by atoms with Gasteiger partial charge in [0.15, 0.2) is 0 Å². The number of sulfonamides is 1. The van der Waals surface area contributed by atoms with Crippen molar-refractivity contribution in [1.82, 2.24) is 19.1 Å². The van der Waals surface area contributed by atoms with E-state index in [0.29, 0.717) is 18.9 Å². The molecular weight excluding hydrogens is 504 g/mol. The van der Waals surface area contributed by atoms with Crippen LogP contribution in [-0.4, -0.2) is 86.5 Å². The van der Waals surface area contributed by atoms with Crippen LogP contribution in [0.5, 0.6) is 0 Å². The number of amides is 1. The first-order valence-electron chi connectivity index (χ1n) is 13.0. The molecule has 2 fully saturated rings. The molecule has 38 heavy (non-hydrogen) atoms. The minimum Gasteiger partial charge on any atom is -0.399 e. The number of carbonyl (C=O) groups excluding carboxylic acids is 1. The summed E-state index contributed by atoms with van der Waals surface area (Å²) in [5.74, 6) is 0.887. The van der Waals surface area contributed by atoms with Gasteiger partial charge in [0.25, 0.3) is 0 Å². The van der Waals surface area contributed by atoms with E-state index in [4.69, 9.17) is 10.6 Å². The van der Waals surface area contributed by atoms with Gasteiger partial charge in [0.05, 0.1) is 10.6 Å². The number of hydrogen-bond donors (Lipinski definition) is 1. The fourth-order valence-corrected chi connectivity index (χ4v) is 6.26. The van der Waals surface area contributed by atoms with E-state index in [1.54, 1.807) is 24.4 Å². The SMILES string of the molecule is CO/N=C(\c1cccc(S(=O)(=O)N(C)C)c1)C1CCN(C(=O)C2CCN(Cc3ccnc(N)c3)CC2)CC1. The van der Waals surface area contributed by atoms with Crippen molar-refractivity contribution in [3.05, 3.63) is 53.7 Å². The highest BCUT2D eigenvalue weighted by Gasteiger charge is 2.33. The number of benzene rings is 1. The zero-order valence-corrected chi connectivity index (χ0v) is 23.2. The molecule has 1 aromatic heterocycles.